The van der Waals surface area contributed by atoms with Crippen molar-refractivity contribution in [1.29, 1.82) is 0 Å². The van der Waals surface area contributed by atoms with E-state index >= 15 is 0 Å². The fraction of sp³-hybridized carbons (Fsp3) is 0.562. The molecule has 0 radical (unpaired) electrons. The van der Waals surface area contributed by atoms with Crippen LogP contribution in [0.3, 0.4) is 0 Å². The fourth-order valence-corrected chi connectivity index (χ4v) is 4.43. The van der Waals surface area contributed by atoms with Gasteiger partial charge in [0, 0.05) is 32.1 Å². The van der Waals surface area contributed by atoms with Crippen LogP contribution in [0.25, 0.3) is 10.2 Å². The number of carbonyl (C=O) groups excluding carboxylic acids is 1. The quantitative estimate of drug-likeness (QED) is 0.854. The van der Waals surface area contributed by atoms with E-state index in [0.717, 1.165) is 55.1 Å². The first-order chi connectivity index (χ1) is 10.8. The van der Waals surface area contributed by atoms with Gasteiger partial charge in [-0.15, -0.1) is 11.3 Å². The molecule has 6 heteroatoms. The molecule has 0 bridgehead atoms. The Labute approximate surface area is 134 Å². The van der Waals surface area contributed by atoms with Crippen molar-refractivity contribution in [3.63, 3.8) is 0 Å². The Bertz CT molecular complexity index is 672. The summed E-state index contributed by atoms with van der Waals surface area (Å²) < 4.78 is 1.15. The lowest BCUT2D eigenvalue weighted by atomic mass is 10.1. The highest BCUT2D eigenvalue weighted by Crippen LogP contribution is 2.30. The Kier molecular flexibility index (Phi) is 3.70. The third-order valence-corrected chi connectivity index (χ3v) is 5.72. The van der Waals surface area contributed by atoms with Crippen molar-refractivity contribution in [2.24, 2.45) is 5.92 Å². The van der Waals surface area contributed by atoms with Gasteiger partial charge >= 0.3 is 0 Å². The molecular weight excluding hydrogens is 296 g/mol. The summed E-state index contributed by atoms with van der Waals surface area (Å²) in [7, 11) is 0. The molecule has 0 unspecified atom stereocenters. The van der Waals surface area contributed by atoms with E-state index in [1.165, 1.54) is 12.8 Å². The fourth-order valence-electron chi connectivity index (χ4n) is 3.57. The van der Waals surface area contributed by atoms with Crippen LogP contribution in [0.2, 0.25) is 0 Å². The molecule has 2 aliphatic rings. The maximum absolute atomic E-state index is 12.5. The number of nitrogens with zero attached hydrogens (tertiary/aromatic N) is 4. The van der Waals surface area contributed by atoms with Crippen molar-refractivity contribution < 1.29 is 4.79 Å². The second-order valence-corrected chi connectivity index (χ2v) is 7.04. The molecule has 116 valence electrons. The third kappa shape index (κ3) is 2.45. The van der Waals surface area contributed by atoms with Crippen LogP contribution >= 0.6 is 11.3 Å². The van der Waals surface area contributed by atoms with Crippen molar-refractivity contribution >= 4 is 33.3 Å². The van der Waals surface area contributed by atoms with E-state index in [9.17, 15) is 4.79 Å². The van der Waals surface area contributed by atoms with Crippen LogP contribution < -0.4 is 4.90 Å². The van der Waals surface area contributed by atoms with Gasteiger partial charge in [0.15, 0.2) is 0 Å². The van der Waals surface area contributed by atoms with E-state index < -0.39 is 0 Å². The number of fused-ring (bicyclic) bond motifs is 1. The van der Waals surface area contributed by atoms with E-state index in [1.807, 2.05) is 6.07 Å². The smallest absolute Gasteiger partial charge is 0.225 e. The molecule has 1 saturated carbocycles. The molecule has 1 aliphatic carbocycles. The first-order valence-corrected chi connectivity index (χ1v) is 8.93. The molecule has 4 rings (SSSR count). The van der Waals surface area contributed by atoms with Crippen LogP contribution in [-0.2, 0) is 4.79 Å². The van der Waals surface area contributed by atoms with E-state index in [-0.39, 0.29) is 5.92 Å². The first-order valence-electron chi connectivity index (χ1n) is 8.05. The minimum atomic E-state index is 0.287. The number of rotatable bonds is 2. The zero-order valence-electron chi connectivity index (χ0n) is 12.6. The van der Waals surface area contributed by atoms with E-state index in [1.54, 1.807) is 17.7 Å². The summed E-state index contributed by atoms with van der Waals surface area (Å²) in [6.07, 6.45) is 6.24. The lowest BCUT2D eigenvalue weighted by molar-refractivity contribution is -0.135. The van der Waals surface area contributed by atoms with Crippen LogP contribution in [0.1, 0.15) is 25.7 Å². The average molecular weight is 316 g/mol. The van der Waals surface area contributed by atoms with Gasteiger partial charge in [0.05, 0.1) is 10.2 Å². The van der Waals surface area contributed by atoms with E-state index in [0.29, 0.717) is 5.91 Å². The van der Waals surface area contributed by atoms with Gasteiger partial charge in [-0.2, -0.15) is 0 Å². The van der Waals surface area contributed by atoms with Gasteiger partial charge in [0.1, 0.15) is 12.1 Å². The maximum Gasteiger partial charge on any atom is 0.225 e. The zero-order chi connectivity index (χ0) is 14.9. The molecule has 22 heavy (non-hydrogen) atoms. The Morgan fingerprint density at radius 3 is 2.68 bits per heavy atom. The van der Waals surface area contributed by atoms with Crippen molar-refractivity contribution in [3.8, 4) is 0 Å². The summed E-state index contributed by atoms with van der Waals surface area (Å²) in [4.78, 5) is 25.6. The molecule has 0 spiro atoms. The van der Waals surface area contributed by atoms with Crippen molar-refractivity contribution in [3.05, 3.63) is 17.8 Å². The Balaban J connectivity index is 1.45. The molecule has 1 aliphatic heterocycles. The predicted molar refractivity (Wildman–Crippen MR) is 88.2 cm³/mol. The van der Waals surface area contributed by atoms with Gasteiger partial charge in [0.25, 0.3) is 0 Å². The van der Waals surface area contributed by atoms with Gasteiger partial charge < -0.3 is 9.80 Å². The molecule has 1 amide bonds. The van der Waals surface area contributed by atoms with Crippen molar-refractivity contribution in [2.75, 3.05) is 31.1 Å². The standard InChI is InChI=1S/C16H20N4OS/c21-16(12-3-1-2-4-12)20-8-6-19(7-9-20)15-14-13(5-10-22-14)17-11-18-15/h5,10-12H,1-4,6-9H2. The van der Waals surface area contributed by atoms with Crippen LogP contribution in [0.15, 0.2) is 17.8 Å². The summed E-state index contributed by atoms with van der Waals surface area (Å²) in [5, 5.41) is 2.06. The van der Waals surface area contributed by atoms with Crippen molar-refractivity contribution in [2.45, 2.75) is 25.7 Å². The summed E-state index contributed by atoms with van der Waals surface area (Å²) >= 11 is 1.69. The normalized spacial score (nSPS) is 20.0. The summed E-state index contributed by atoms with van der Waals surface area (Å²) in [5.41, 5.74) is 1.01. The highest BCUT2D eigenvalue weighted by Gasteiger charge is 2.30. The van der Waals surface area contributed by atoms with Gasteiger partial charge in [0.2, 0.25) is 5.91 Å². The topological polar surface area (TPSA) is 49.3 Å². The maximum atomic E-state index is 12.5. The third-order valence-electron chi connectivity index (χ3n) is 4.82. The monoisotopic (exact) mass is 316 g/mol. The molecule has 2 aromatic heterocycles. The highest BCUT2D eigenvalue weighted by atomic mass is 32.1. The lowest BCUT2D eigenvalue weighted by Crippen LogP contribution is -2.50. The molecule has 0 N–H and O–H groups in total. The number of hydrogen-bond donors (Lipinski definition) is 0. The van der Waals surface area contributed by atoms with Gasteiger partial charge in [-0.3, -0.25) is 4.79 Å². The second kappa shape index (κ2) is 5.83. The van der Waals surface area contributed by atoms with Crippen LogP contribution in [0, 0.1) is 5.92 Å². The Morgan fingerprint density at radius 1 is 1.14 bits per heavy atom. The van der Waals surface area contributed by atoms with Crippen LogP contribution in [-0.4, -0.2) is 47.0 Å². The number of hydrogen-bond acceptors (Lipinski definition) is 5. The lowest BCUT2D eigenvalue weighted by Gasteiger charge is -2.36. The molecule has 1 saturated heterocycles. The molecule has 5 nitrogen and oxygen atoms in total. The number of anilines is 1. The number of piperazine rings is 1. The van der Waals surface area contributed by atoms with Gasteiger partial charge in [-0.1, -0.05) is 12.8 Å². The van der Waals surface area contributed by atoms with Crippen molar-refractivity contribution in [1.82, 2.24) is 14.9 Å². The number of aromatic nitrogens is 2. The predicted octanol–water partition coefficient (Wildman–Crippen LogP) is 2.53. The van der Waals surface area contributed by atoms with Gasteiger partial charge in [-0.25, -0.2) is 9.97 Å². The average Bonchev–Trinajstić information content (AvgIpc) is 3.25. The number of carbonyl (C=O) groups is 1. The first kappa shape index (κ1) is 13.9. The van der Waals surface area contributed by atoms with E-state index in [4.69, 9.17) is 0 Å². The molecule has 0 aromatic carbocycles. The minimum absolute atomic E-state index is 0.287. The molecule has 2 fully saturated rings. The zero-order valence-corrected chi connectivity index (χ0v) is 13.4. The van der Waals surface area contributed by atoms with Crippen LogP contribution in [0.5, 0.6) is 0 Å². The second-order valence-electron chi connectivity index (χ2n) is 6.13. The minimum Gasteiger partial charge on any atom is -0.352 e. The molecule has 2 aromatic rings. The molecule has 0 atom stereocenters. The molecular formula is C16H20N4OS. The van der Waals surface area contributed by atoms with E-state index in [2.05, 4.69) is 25.1 Å². The number of amides is 1. The number of thiophene rings is 1. The Morgan fingerprint density at radius 2 is 1.91 bits per heavy atom. The summed E-state index contributed by atoms with van der Waals surface area (Å²) in [6, 6.07) is 2.03. The largest absolute Gasteiger partial charge is 0.352 e. The van der Waals surface area contributed by atoms with Gasteiger partial charge in [-0.05, 0) is 24.3 Å². The summed E-state index contributed by atoms with van der Waals surface area (Å²) in [5.74, 6) is 1.68. The Hall–Kier alpha value is -1.69. The highest BCUT2D eigenvalue weighted by molar-refractivity contribution is 7.17. The van der Waals surface area contributed by atoms with Crippen LogP contribution in [0.4, 0.5) is 5.82 Å². The summed E-state index contributed by atoms with van der Waals surface area (Å²) in [6.45, 7) is 3.35. The molecule has 3 heterocycles. The SMILES string of the molecule is O=C(C1CCCC1)N1CCN(c2ncnc3ccsc23)CC1.